The standard InChI is InChI=1S/C23H32N4O2/c1-5-16-10-9-11-17(6-2)19(16)26-23(29)21-25-20(22(28)24-14-15(3)4)18-12-7-8-13-27(18)21/h9-11,15H,5-8,12-14H2,1-4H3,(H,24,28)(H,26,29). The van der Waals surface area contributed by atoms with Crippen molar-refractivity contribution in [3.8, 4) is 0 Å². The Balaban J connectivity index is 1.93. The number of carbonyl (C=O) groups excluding carboxylic acids is 2. The van der Waals surface area contributed by atoms with Gasteiger partial charge in [-0.15, -0.1) is 0 Å². The summed E-state index contributed by atoms with van der Waals surface area (Å²) in [5.74, 6) is 0.263. The van der Waals surface area contributed by atoms with E-state index < -0.39 is 0 Å². The number of amides is 2. The predicted molar refractivity (Wildman–Crippen MR) is 115 cm³/mol. The Hall–Kier alpha value is -2.63. The molecule has 6 heteroatoms. The number of anilines is 1. The quantitative estimate of drug-likeness (QED) is 0.743. The lowest BCUT2D eigenvalue weighted by molar-refractivity contribution is 0.0943. The van der Waals surface area contributed by atoms with Gasteiger partial charge in [0.15, 0.2) is 5.82 Å². The number of rotatable bonds is 7. The van der Waals surface area contributed by atoms with Crippen LogP contribution in [-0.2, 0) is 25.8 Å². The molecule has 1 aromatic carbocycles. The number of nitrogens with zero attached hydrogens (tertiary/aromatic N) is 2. The molecule has 0 radical (unpaired) electrons. The van der Waals surface area contributed by atoms with Crippen LogP contribution in [0.3, 0.4) is 0 Å². The average molecular weight is 397 g/mol. The summed E-state index contributed by atoms with van der Waals surface area (Å²) >= 11 is 0. The highest BCUT2D eigenvalue weighted by Gasteiger charge is 2.28. The molecule has 0 saturated carbocycles. The molecule has 6 nitrogen and oxygen atoms in total. The van der Waals surface area contributed by atoms with Crippen molar-refractivity contribution in [3.63, 3.8) is 0 Å². The van der Waals surface area contributed by atoms with Crippen LogP contribution in [0.15, 0.2) is 18.2 Å². The minimum Gasteiger partial charge on any atom is -0.350 e. The van der Waals surface area contributed by atoms with E-state index in [4.69, 9.17) is 0 Å². The van der Waals surface area contributed by atoms with Gasteiger partial charge in [-0.05, 0) is 49.1 Å². The molecule has 0 aliphatic carbocycles. The van der Waals surface area contributed by atoms with Gasteiger partial charge in [0.1, 0.15) is 5.69 Å². The summed E-state index contributed by atoms with van der Waals surface area (Å²) in [4.78, 5) is 30.4. The lowest BCUT2D eigenvalue weighted by atomic mass is 10.0. The van der Waals surface area contributed by atoms with E-state index in [1.807, 2.05) is 22.8 Å². The van der Waals surface area contributed by atoms with Gasteiger partial charge in [0.05, 0.1) is 5.69 Å². The number of aromatic nitrogens is 2. The first kappa shape index (κ1) is 21.1. The normalized spacial score (nSPS) is 13.3. The molecule has 3 rings (SSSR count). The molecule has 2 aromatic rings. The molecular formula is C23H32N4O2. The van der Waals surface area contributed by atoms with Gasteiger partial charge in [0, 0.05) is 18.8 Å². The van der Waals surface area contributed by atoms with Crippen molar-refractivity contribution in [1.82, 2.24) is 14.9 Å². The third-order valence-electron chi connectivity index (χ3n) is 5.44. The highest BCUT2D eigenvalue weighted by atomic mass is 16.2. The fourth-order valence-electron chi connectivity index (χ4n) is 3.85. The van der Waals surface area contributed by atoms with E-state index in [0.717, 1.165) is 61.2 Å². The number of imidazole rings is 1. The Labute approximate surface area is 173 Å². The Kier molecular flexibility index (Phi) is 6.72. The Morgan fingerprint density at radius 3 is 2.41 bits per heavy atom. The molecule has 2 heterocycles. The van der Waals surface area contributed by atoms with Crippen molar-refractivity contribution in [3.05, 3.63) is 46.5 Å². The molecule has 0 spiro atoms. The van der Waals surface area contributed by atoms with Gasteiger partial charge in [-0.3, -0.25) is 9.59 Å². The molecule has 1 aromatic heterocycles. The molecule has 2 N–H and O–H groups in total. The lowest BCUT2D eigenvalue weighted by Gasteiger charge is -2.18. The molecule has 0 fully saturated rings. The number of aryl methyl sites for hydroxylation is 2. The van der Waals surface area contributed by atoms with E-state index in [0.29, 0.717) is 24.0 Å². The van der Waals surface area contributed by atoms with E-state index in [2.05, 4.69) is 43.3 Å². The van der Waals surface area contributed by atoms with Crippen LogP contribution in [0.1, 0.15) is 78.5 Å². The summed E-state index contributed by atoms with van der Waals surface area (Å²) < 4.78 is 1.93. The van der Waals surface area contributed by atoms with Crippen LogP contribution < -0.4 is 10.6 Å². The Bertz CT molecular complexity index is 876. The maximum Gasteiger partial charge on any atom is 0.291 e. The van der Waals surface area contributed by atoms with Gasteiger partial charge >= 0.3 is 0 Å². The van der Waals surface area contributed by atoms with Gasteiger partial charge < -0.3 is 15.2 Å². The third kappa shape index (κ3) is 4.52. The van der Waals surface area contributed by atoms with Crippen molar-refractivity contribution in [2.24, 2.45) is 5.92 Å². The highest BCUT2D eigenvalue weighted by molar-refractivity contribution is 6.04. The molecule has 156 valence electrons. The molecule has 0 unspecified atom stereocenters. The van der Waals surface area contributed by atoms with Gasteiger partial charge in [0.2, 0.25) is 0 Å². The molecule has 1 aliphatic rings. The number of hydrogen-bond donors (Lipinski definition) is 2. The van der Waals surface area contributed by atoms with Crippen LogP contribution in [0.25, 0.3) is 0 Å². The van der Waals surface area contributed by atoms with E-state index >= 15 is 0 Å². The van der Waals surface area contributed by atoms with Crippen LogP contribution in [0.4, 0.5) is 5.69 Å². The number of fused-ring (bicyclic) bond motifs is 1. The molecular weight excluding hydrogens is 364 g/mol. The number of nitrogens with one attached hydrogen (secondary N) is 2. The Morgan fingerprint density at radius 1 is 1.10 bits per heavy atom. The topological polar surface area (TPSA) is 76.0 Å². The van der Waals surface area contributed by atoms with Crippen LogP contribution in [0.5, 0.6) is 0 Å². The van der Waals surface area contributed by atoms with Crippen molar-refractivity contribution >= 4 is 17.5 Å². The van der Waals surface area contributed by atoms with Crippen LogP contribution >= 0.6 is 0 Å². The Morgan fingerprint density at radius 2 is 1.79 bits per heavy atom. The second kappa shape index (κ2) is 9.25. The third-order valence-corrected chi connectivity index (χ3v) is 5.44. The van der Waals surface area contributed by atoms with Crippen molar-refractivity contribution in [1.29, 1.82) is 0 Å². The van der Waals surface area contributed by atoms with Crippen LogP contribution in [0, 0.1) is 5.92 Å². The molecule has 1 aliphatic heterocycles. The summed E-state index contributed by atoms with van der Waals surface area (Å²) in [5.41, 5.74) is 4.37. The van der Waals surface area contributed by atoms with E-state index in [9.17, 15) is 9.59 Å². The minimum absolute atomic E-state index is 0.188. The smallest absolute Gasteiger partial charge is 0.291 e. The molecule has 2 amide bonds. The van der Waals surface area contributed by atoms with Gasteiger partial charge in [-0.25, -0.2) is 4.98 Å². The molecule has 0 atom stereocenters. The van der Waals surface area contributed by atoms with E-state index in [1.54, 1.807) is 0 Å². The zero-order valence-electron chi connectivity index (χ0n) is 18.0. The first-order valence-corrected chi connectivity index (χ1v) is 10.8. The highest BCUT2D eigenvalue weighted by Crippen LogP contribution is 2.25. The minimum atomic E-state index is -0.244. The number of benzene rings is 1. The zero-order chi connectivity index (χ0) is 21.0. The number of para-hydroxylation sites is 1. The largest absolute Gasteiger partial charge is 0.350 e. The van der Waals surface area contributed by atoms with Crippen molar-refractivity contribution < 1.29 is 9.59 Å². The summed E-state index contributed by atoms with van der Waals surface area (Å²) in [6, 6.07) is 6.11. The van der Waals surface area contributed by atoms with E-state index in [1.165, 1.54) is 0 Å². The summed E-state index contributed by atoms with van der Waals surface area (Å²) in [5, 5.41) is 6.04. The second-order valence-corrected chi connectivity index (χ2v) is 8.06. The fourth-order valence-corrected chi connectivity index (χ4v) is 3.85. The van der Waals surface area contributed by atoms with E-state index in [-0.39, 0.29) is 11.8 Å². The second-order valence-electron chi connectivity index (χ2n) is 8.06. The number of hydrogen-bond acceptors (Lipinski definition) is 3. The van der Waals surface area contributed by atoms with Gasteiger partial charge in [-0.1, -0.05) is 45.9 Å². The first-order valence-electron chi connectivity index (χ1n) is 10.8. The zero-order valence-corrected chi connectivity index (χ0v) is 18.0. The molecule has 0 saturated heterocycles. The first-order chi connectivity index (χ1) is 14.0. The van der Waals surface area contributed by atoms with Crippen LogP contribution in [0.2, 0.25) is 0 Å². The average Bonchev–Trinajstić information content (AvgIpc) is 3.12. The van der Waals surface area contributed by atoms with Crippen molar-refractivity contribution in [2.45, 2.75) is 66.3 Å². The molecule has 29 heavy (non-hydrogen) atoms. The predicted octanol–water partition coefficient (Wildman–Crippen LogP) is 3.98. The van der Waals surface area contributed by atoms with Gasteiger partial charge in [0.25, 0.3) is 11.8 Å². The molecule has 0 bridgehead atoms. The lowest BCUT2D eigenvalue weighted by Crippen LogP contribution is -2.29. The monoisotopic (exact) mass is 396 g/mol. The van der Waals surface area contributed by atoms with Gasteiger partial charge in [-0.2, -0.15) is 0 Å². The summed E-state index contributed by atoms with van der Waals surface area (Å²) in [6.07, 6.45) is 4.45. The number of carbonyl (C=O) groups is 2. The SMILES string of the molecule is CCc1cccc(CC)c1NC(=O)c1nc(C(=O)NCC(C)C)c2n1CCCC2. The summed E-state index contributed by atoms with van der Waals surface area (Å²) in [6.45, 7) is 9.59. The summed E-state index contributed by atoms with van der Waals surface area (Å²) in [7, 11) is 0. The van der Waals surface area contributed by atoms with Crippen molar-refractivity contribution in [2.75, 3.05) is 11.9 Å². The maximum atomic E-state index is 13.2. The fraction of sp³-hybridized carbons (Fsp3) is 0.522. The van der Waals surface area contributed by atoms with Crippen LogP contribution in [-0.4, -0.2) is 27.9 Å². The maximum absolute atomic E-state index is 13.2.